The molecule has 12 heteroatoms. The Morgan fingerprint density at radius 1 is 1.17 bits per heavy atom. The van der Waals surface area contributed by atoms with Crippen LogP contribution in [0.5, 0.6) is 0 Å². The number of furan rings is 1. The summed E-state index contributed by atoms with van der Waals surface area (Å²) in [6.45, 7) is 5.18. The molecule has 2 aromatic heterocycles. The molecular formula is C24H27N3O8S. The van der Waals surface area contributed by atoms with Crippen LogP contribution in [0, 0.1) is 0 Å². The zero-order valence-corrected chi connectivity index (χ0v) is 20.9. The highest BCUT2D eigenvalue weighted by Crippen LogP contribution is 2.27. The first-order chi connectivity index (χ1) is 17.0. The maximum absolute atomic E-state index is 13.4. The summed E-state index contributed by atoms with van der Waals surface area (Å²) in [5.74, 6) is -0.657. The number of esters is 1. The first-order valence-electron chi connectivity index (χ1n) is 11.3. The van der Waals surface area contributed by atoms with E-state index in [1.54, 1.807) is 20.8 Å². The number of ether oxygens (including phenoxy) is 2. The summed E-state index contributed by atoms with van der Waals surface area (Å²) in [4.78, 5) is 37.1. The minimum atomic E-state index is -3.96. The molecule has 0 radical (unpaired) electrons. The Balaban J connectivity index is 1.52. The summed E-state index contributed by atoms with van der Waals surface area (Å²) in [5.41, 5.74) is -0.959. The van der Waals surface area contributed by atoms with Crippen molar-refractivity contribution in [3.63, 3.8) is 0 Å². The van der Waals surface area contributed by atoms with Crippen LogP contribution in [0.3, 0.4) is 0 Å². The van der Waals surface area contributed by atoms with Crippen molar-refractivity contribution < 1.29 is 31.9 Å². The van der Waals surface area contributed by atoms with Gasteiger partial charge in [-0.2, -0.15) is 4.31 Å². The number of carbonyl (C=O) groups excluding carboxylic acids is 2. The maximum atomic E-state index is 13.4. The molecule has 3 aromatic rings. The van der Waals surface area contributed by atoms with Gasteiger partial charge in [-0.1, -0.05) is 6.07 Å². The van der Waals surface area contributed by atoms with E-state index in [2.05, 4.69) is 5.32 Å². The van der Waals surface area contributed by atoms with Gasteiger partial charge >= 0.3 is 12.1 Å². The molecule has 192 valence electrons. The number of amides is 1. The van der Waals surface area contributed by atoms with E-state index >= 15 is 0 Å². The smallest absolute Gasteiger partial charge is 0.407 e. The van der Waals surface area contributed by atoms with Gasteiger partial charge in [-0.3, -0.25) is 9.36 Å². The Morgan fingerprint density at radius 3 is 2.64 bits per heavy atom. The Labute approximate surface area is 207 Å². The third-order valence-corrected chi connectivity index (χ3v) is 7.48. The first-order valence-corrected chi connectivity index (χ1v) is 12.7. The fourth-order valence-electron chi connectivity index (χ4n) is 3.89. The number of aromatic nitrogens is 1. The van der Waals surface area contributed by atoms with E-state index in [1.807, 2.05) is 0 Å². The van der Waals surface area contributed by atoms with Gasteiger partial charge in [-0.05, 0) is 51.5 Å². The molecule has 3 heterocycles. The molecule has 1 atom stereocenters. The van der Waals surface area contributed by atoms with Crippen LogP contribution in [0.4, 0.5) is 4.79 Å². The lowest BCUT2D eigenvalue weighted by Crippen LogP contribution is -2.41. The van der Waals surface area contributed by atoms with Crippen LogP contribution in [0.25, 0.3) is 10.8 Å². The van der Waals surface area contributed by atoms with Gasteiger partial charge in [0.15, 0.2) is 6.73 Å². The highest BCUT2D eigenvalue weighted by molar-refractivity contribution is 7.89. The van der Waals surface area contributed by atoms with Crippen LogP contribution < -0.4 is 10.9 Å². The maximum Gasteiger partial charge on any atom is 0.407 e. The molecule has 1 aromatic carbocycles. The summed E-state index contributed by atoms with van der Waals surface area (Å²) in [6, 6.07) is 6.99. The second-order valence-corrected chi connectivity index (χ2v) is 11.3. The molecule has 1 aliphatic heterocycles. The van der Waals surface area contributed by atoms with Crippen molar-refractivity contribution >= 4 is 32.9 Å². The Bertz CT molecular complexity index is 1440. The summed E-state index contributed by atoms with van der Waals surface area (Å²) >= 11 is 0. The van der Waals surface area contributed by atoms with E-state index in [0.717, 1.165) is 0 Å². The number of carbonyl (C=O) groups is 2. The fourth-order valence-corrected chi connectivity index (χ4v) is 5.59. The van der Waals surface area contributed by atoms with Crippen molar-refractivity contribution in [2.75, 3.05) is 13.1 Å². The van der Waals surface area contributed by atoms with Crippen molar-refractivity contribution in [1.29, 1.82) is 0 Å². The van der Waals surface area contributed by atoms with Gasteiger partial charge in [-0.25, -0.2) is 18.0 Å². The summed E-state index contributed by atoms with van der Waals surface area (Å²) in [6.07, 6.45) is 3.76. The normalized spacial score (nSPS) is 16.7. The molecule has 11 nitrogen and oxygen atoms in total. The predicted molar refractivity (Wildman–Crippen MR) is 129 cm³/mol. The molecule has 1 amide bonds. The van der Waals surface area contributed by atoms with Gasteiger partial charge in [-0.15, -0.1) is 0 Å². The second-order valence-electron chi connectivity index (χ2n) is 9.38. The van der Waals surface area contributed by atoms with Gasteiger partial charge in [0.05, 0.1) is 16.7 Å². The molecule has 1 saturated heterocycles. The van der Waals surface area contributed by atoms with Crippen LogP contribution in [-0.2, 0) is 26.2 Å². The number of hydrogen-bond acceptors (Lipinski definition) is 8. The van der Waals surface area contributed by atoms with Gasteiger partial charge < -0.3 is 19.2 Å². The van der Waals surface area contributed by atoms with Crippen molar-refractivity contribution in [3.05, 3.63) is 65.0 Å². The van der Waals surface area contributed by atoms with Crippen molar-refractivity contribution in [2.45, 2.75) is 50.5 Å². The molecule has 4 rings (SSSR count). The lowest BCUT2D eigenvalue weighted by Gasteiger charge is -2.22. The average Bonchev–Trinajstić information content (AvgIpc) is 3.50. The Kier molecular flexibility index (Phi) is 6.92. The number of rotatable bonds is 6. The van der Waals surface area contributed by atoms with Crippen LogP contribution in [-0.4, -0.2) is 54.1 Å². The standard InChI is InChI=1S/C24H27N3O8S/c1-24(2,3)35-23(30)25-17-7-11-27(13-17)36(31,32)20-6-4-5-19-18(20)8-10-26(21(19)28)15-34-22(29)16-9-12-33-14-16/h4-6,8-10,12,14,17H,7,11,13,15H2,1-3H3,(H,25,30). The summed E-state index contributed by atoms with van der Waals surface area (Å²) in [7, 11) is -3.96. The number of fused-ring (bicyclic) bond motifs is 1. The second kappa shape index (κ2) is 9.78. The molecule has 0 aliphatic carbocycles. The third-order valence-electron chi connectivity index (χ3n) is 5.56. The first kappa shape index (κ1) is 25.5. The zero-order valence-electron chi connectivity index (χ0n) is 20.1. The highest BCUT2D eigenvalue weighted by atomic mass is 32.2. The van der Waals surface area contributed by atoms with Crippen molar-refractivity contribution in [3.8, 4) is 0 Å². The number of benzene rings is 1. The SMILES string of the molecule is CC(C)(C)OC(=O)NC1CCN(S(=O)(=O)c2cccc3c(=O)n(COC(=O)c4ccoc4)ccc23)C1. The van der Waals surface area contributed by atoms with Crippen LogP contribution in [0.1, 0.15) is 37.6 Å². The Hall–Kier alpha value is -3.64. The van der Waals surface area contributed by atoms with Gasteiger partial charge in [0.25, 0.3) is 5.56 Å². The number of hydrogen-bond donors (Lipinski definition) is 1. The number of sulfonamides is 1. The number of nitrogens with one attached hydrogen (secondary N) is 1. The van der Waals surface area contributed by atoms with Crippen LogP contribution in [0.15, 0.2) is 63.2 Å². The lowest BCUT2D eigenvalue weighted by molar-refractivity contribution is 0.0365. The molecule has 0 spiro atoms. The summed E-state index contributed by atoms with van der Waals surface area (Å²) < 4.78 is 44.6. The minimum Gasteiger partial charge on any atom is -0.472 e. The molecule has 1 unspecified atom stereocenters. The monoisotopic (exact) mass is 517 g/mol. The molecule has 1 aliphatic rings. The highest BCUT2D eigenvalue weighted by Gasteiger charge is 2.35. The number of pyridine rings is 1. The van der Waals surface area contributed by atoms with Crippen LogP contribution in [0.2, 0.25) is 0 Å². The number of alkyl carbamates (subject to hydrolysis) is 1. The van der Waals surface area contributed by atoms with E-state index in [-0.39, 0.29) is 41.1 Å². The molecule has 1 N–H and O–H groups in total. The Morgan fingerprint density at radius 2 is 1.94 bits per heavy atom. The van der Waals surface area contributed by atoms with Crippen LogP contribution >= 0.6 is 0 Å². The van der Waals surface area contributed by atoms with E-state index in [4.69, 9.17) is 13.9 Å². The lowest BCUT2D eigenvalue weighted by atomic mass is 10.2. The topological polar surface area (TPSA) is 137 Å². The van der Waals surface area contributed by atoms with E-state index < -0.39 is 39.3 Å². The largest absolute Gasteiger partial charge is 0.472 e. The fraction of sp³-hybridized carbons (Fsp3) is 0.375. The van der Waals surface area contributed by atoms with E-state index in [1.165, 1.54) is 57.9 Å². The molecular weight excluding hydrogens is 490 g/mol. The summed E-state index contributed by atoms with van der Waals surface area (Å²) in [5, 5.41) is 3.13. The van der Waals surface area contributed by atoms with Crippen molar-refractivity contribution in [1.82, 2.24) is 14.2 Å². The van der Waals surface area contributed by atoms with Gasteiger partial charge in [0, 0.05) is 36.1 Å². The number of nitrogens with zero attached hydrogens (tertiary/aromatic N) is 2. The minimum absolute atomic E-state index is 0.0161. The third kappa shape index (κ3) is 5.44. The van der Waals surface area contributed by atoms with E-state index in [0.29, 0.717) is 6.42 Å². The predicted octanol–water partition coefficient (Wildman–Crippen LogP) is 2.70. The van der Waals surface area contributed by atoms with Crippen molar-refractivity contribution in [2.24, 2.45) is 0 Å². The van der Waals surface area contributed by atoms with Gasteiger partial charge in [0.2, 0.25) is 10.0 Å². The average molecular weight is 518 g/mol. The van der Waals surface area contributed by atoms with E-state index in [9.17, 15) is 22.8 Å². The molecule has 36 heavy (non-hydrogen) atoms. The molecule has 1 fully saturated rings. The molecule has 0 bridgehead atoms. The van der Waals surface area contributed by atoms with Gasteiger partial charge in [0.1, 0.15) is 11.9 Å². The molecule has 0 saturated carbocycles. The quantitative estimate of drug-likeness (QED) is 0.493. The zero-order chi connectivity index (χ0) is 26.1.